The van der Waals surface area contributed by atoms with Crippen LogP contribution in [-0.2, 0) is 9.53 Å². The number of hydrogen-bond donors (Lipinski definition) is 2. The van der Waals surface area contributed by atoms with Crippen molar-refractivity contribution in [3.63, 3.8) is 0 Å². The van der Waals surface area contributed by atoms with Gasteiger partial charge in [-0.15, -0.1) is 0 Å². The second kappa shape index (κ2) is 6.21. The Kier molecular flexibility index (Phi) is 5.22. The number of nitrogens with one attached hydrogen (secondary N) is 2. The Morgan fingerprint density at radius 2 is 2.31 bits per heavy atom. The molecule has 0 aromatic carbocycles. The minimum Gasteiger partial charge on any atom is -0.379 e. The summed E-state index contributed by atoms with van der Waals surface area (Å²) in [5.41, 5.74) is -0.165. The molecule has 1 amide bonds. The van der Waals surface area contributed by atoms with Crippen LogP contribution < -0.4 is 10.6 Å². The molecule has 0 radical (unpaired) electrons. The largest absolute Gasteiger partial charge is 0.379 e. The van der Waals surface area contributed by atoms with Gasteiger partial charge in [0.25, 0.3) is 0 Å². The summed E-state index contributed by atoms with van der Waals surface area (Å²) < 4.78 is 5.41. The van der Waals surface area contributed by atoms with Gasteiger partial charge < -0.3 is 15.4 Å². The van der Waals surface area contributed by atoms with Crippen LogP contribution in [0, 0.1) is 0 Å². The number of carbonyl (C=O) groups is 1. The number of amides is 1. The summed E-state index contributed by atoms with van der Waals surface area (Å²) in [5.74, 6) is 0.112. The second-order valence-electron chi connectivity index (χ2n) is 4.93. The van der Waals surface area contributed by atoms with Crippen molar-refractivity contribution in [1.82, 2.24) is 10.6 Å². The summed E-state index contributed by atoms with van der Waals surface area (Å²) in [6.07, 6.45) is 2.57. The molecule has 1 aliphatic rings. The zero-order chi connectivity index (χ0) is 12.0. The average molecular weight is 228 g/mol. The van der Waals surface area contributed by atoms with Gasteiger partial charge in [0.2, 0.25) is 5.91 Å². The zero-order valence-electron chi connectivity index (χ0n) is 10.6. The quantitative estimate of drug-likeness (QED) is 0.740. The van der Waals surface area contributed by atoms with Gasteiger partial charge in [-0.2, -0.15) is 0 Å². The minimum atomic E-state index is -0.165. The Balaban J connectivity index is 2.32. The lowest BCUT2D eigenvalue weighted by Crippen LogP contribution is -2.52. The summed E-state index contributed by atoms with van der Waals surface area (Å²) >= 11 is 0. The fraction of sp³-hybridized carbons (Fsp3) is 0.917. The molecule has 1 fully saturated rings. The first-order valence-corrected chi connectivity index (χ1v) is 6.18. The summed E-state index contributed by atoms with van der Waals surface area (Å²) in [7, 11) is 0. The van der Waals surface area contributed by atoms with Crippen LogP contribution in [0.1, 0.15) is 40.0 Å². The van der Waals surface area contributed by atoms with E-state index in [-0.39, 0.29) is 17.5 Å². The highest BCUT2D eigenvalue weighted by atomic mass is 16.5. The number of hydrogen-bond acceptors (Lipinski definition) is 3. The van der Waals surface area contributed by atoms with Gasteiger partial charge in [-0.05, 0) is 33.2 Å². The molecule has 0 bridgehead atoms. The van der Waals surface area contributed by atoms with Gasteiger partial charge >= 0.3 is 0 Å². The maximum atomic E-state index is 11.8. The molecule has 0 aliphatic carbocycles. The van der Waals surface area contributed by atoms with E-state index in [0.29, 0.717) is 13.0 Å². The molecule has 1 rings (SSSR count). The Labute approximate surface area is 98.1 Å². The van der Waals surface area contributed by atoms with Crippen molar-refractivity contribution in [1.29, 1.82) is 0 Å². The predicted molar refractivity (Wildman–Crippen MR) is 64.4 cm³/mol. The molecule has 1 aliphatic heterocycles. The highest BCUT2D eigenvalue weighted by molar-refractivity contribution is 5.77. The molecular formula is C12H24N2O2. The maximum Gasteiger partial charge on any atom is 0.222 e. The zero-order valence-corrected chi connectivity index (χ0v) is 10.6. The van der Waals surface area contributed by atoms with Gasteiger partial charge in [-0.1, -0.05) is 6.92 Å². The molecule has 2 atom stereocenters. The molecule has 0 aromatic heterocycles. The first-order chi connectivity index (χ1) is 7.56. The average Bonchev–Trinajstić information content (AvgIpc) is 2.17. The van der Waals surface area contributed by atoms with Crippen LogP contribution in [0.15, 0.2) is 0 Å². The van der Waals surface area contributed by atoms with Crippen molar-refractivity contribution in [2.24, 2.45) is 0 Å². The molecule has 2 unspecified atom stereocenters. The third kappa shape index (κ3) is 4.49. The highest BCUT2D eigenvalue weighted by Gasteiger charge is 2.29. The highest BCUT2D eigenvalue weighted by Crippen LogP contribution is 2.18. The summed E-state index contributed by atoms with van der Waals surface area (Å²) in [6.45, 7) is 8.48. The maximum absolute atomic E-state index is 11.8. The molecule has 4 heteroatoms. The van der Waals surface area contributed by atoms with Crippen molar-refractivity contribution < 1.29 is 9.53 Å². The summed E-state index contributed by atoms with van der Waals surface area (Å²) in [6, 6.07) is 0.234. The third-order valence-corrected chi connectivity index (χ3v) is 2.92. The summed E-state index contributed by atoms with van der Waals surface area (Å²) in [5, 5.41) is 6.31. The molecule has 0 aromatic rings. The SMILES string of the molecule is CCNC(C)CC(=O)NC1(C)CCCOC1. The molecule has 16 heavy (non-hydrogen) atoms. The monoisotopic (exact) mass is 228 g/mol. The van der Waals surface area contributed by atoms with Gasteiger partial charge in [-0.25, -0.2) is 0 Å². The van der Waals surface area contributed by atoms with Gasteiger partial charge in [0.15, 0.2) is 0 Å². The van der Waals surface area contributed by atoms with Crippen LogP contribution in [0.5, 0.6) is 0 Å². The fourth-order valence-electron chi connectivity index (χ4n) is 2.12. The normalized spacial score (nSPS) is 27.4. The lowest BCUT2D eigenvalue weighted by atomic mass is 9.94. The molecule has 1 saturated heterocycles. The molecule has 94 valence electrons. The third-order valence-electron chi connectivity index (χ3n) is 2.92. The van der Waals surface area contributed by atoms with Crippen molar-refractivity contribution in [3.05, 3.63) is 0 Å². The van der Waals surface area contributed by atoms with E-state index in [1.807, 2.05) is 13.8 Å². The van der Waals surface area contributed by atoms with Crippen molar-refractivity contribution in [3.8, 4) is 0 Å². The number of rotatable bonds is 5. The molecule has 0 saturated carbocycles. The molecule has 4 nitrogen and oxygen atoms in total. The smallest absolute Gasteiger partial charge is 0.222 e. The van der Waals surface area contributed by atoms with Crippen LogP contribution in [0.25, 0.3) is 0 Å². The number of carbonyl (C=O) groups excluding carboxylic acids is 1. The molecular weight excluding hydrogens is 204 g/mol. The van der Waals surface area contributed by atoms with Gasteiger partial charge in [0.1, 0.15) is 0 Å². The Hall–Kier alpha value is -0.610. The van der Waals surface area contributed by atoms with E-state index in [9.17, 15) is 4.79 Å². The fourth-order valence-corrected chi connectivity index (χ4v) is 2.12. The first-order valence-electron chi connectivity index (χ1n) is 6.18. The van der Waals surface area contributed by atoms with Gasteiger partial charge in [-0.3, -0.25) is 4.79 Å². The van der Waals surface area contributed by atoms with E-state index < -0.39 is 0 Å². The molecule has 1 heterocycles. The van der Waals surface area contributed by atoms with Crippen molar-refractivity contribution >= 4 is 5.91 Å². The van der Waals surface area contributed by atoms with Crippen LogP contribution in [0.3, 0.4) is 0 Å². The van der Waals surface area contributed by atoms with E-state index in [1.54, 1.807) is 0 Å². The van der Waals surface area contributed by atoms with E-state index in [1.165, 1.54) is 0 Å². The Morgan fingerprint density at radius 3 is 2.88 bits per heavy atom. The summed E-state index contributed by atoms with van der Waals surface area (Å²) in [4.78, 5) is 11.8. The Morgan fingerprint density at radius 1 is 1.56 bits per heavy atom. The van der Waals surface area contributed by atoms with E-state index in [4.69, 9.17) is 4.74 Å². The van der Waals surface area contributed by atoms with E-state index >= 15 is 0 Å². The van der Waals surface area contributed by atoms with Crippen LogP contribution in [0.2, 0.25) is 0 Å². The topological polar surface area (TPSA) is 50.4 Å². The van der Waals surface area contributed by atoms with Crippen molar-refractivity contribution in [2.45, 2.75) is 51.6 Å². The van der Waals surface area contributed by atoms with Crippen LogP contribution in [-0.4, -0.2) is 37.2 Å². The predicted octanol–water partition coefficient (Wildman–Crippen LogP) is 1.06. The standard InChI is InChI=1S/C12H24N2O2/c1-4-13-10(2)8-11(15)14-12(3)6-5-7-16-9-12/h10,13H,4-9H2,1-3H3,(H,14,15). The van der Waals surface area contributed by atoms with Crippen molar-refractivity contribution in [2.75, 3.05) is 19.8 Å². The van der Waals surface area contributed by atoms with E-state index in [0.717, 1.165) is 26.0 Å². The lowest BCUT2D eigenvalue weighted by molar-refractivity contribution is -0.125. The minimum absolute atomic E-state index is 0.112. The lowest BCUT2D eigenvalue weighted by Gasteiger charge is -2.34. The molecule has 0 spiro atoms. The van der Waals surface area contributed by atoms with Gasteiger partial charge in [0.05, 0.1) is 12.1 Å². The van der Waals surface area contributed by atoms with Crippen LogP contribution >= 0.6 is 0 Å². The number of ether oxygens (including phenoxy) is 1. The van der Waals surface area contributed by atoms with Gasteiger partial charge in [0, 0.05) is 19.1 Å². The van der Waals surface area contributed by atoms with Crippen LogP contribution in [0.4, 0.5) is 0 Å². The van der Waals surface area contributed by atoms with E-state index in [2.05, 4.69) is 17.6 Å². The second-order valence-corrected chi connectivity index (χ2v) is 4.93. The molecule has 2 N–H and O–H groups in total. The first kappa shape index (κ1) is 13.5. The Bertz CT molecular complexity index is 225.